The Morgan fingerprint density at radius 3 is 2.47 bits per heavy atom. The maximum Gasteiger partial charge on any atom is 0.145 e. The molecule has 0 aliphatic carbocycles. The highest BCUT2D eigenvalue weighted by Gasteiger charge is 2.12. The van der Waals surface area contributed by atoms with E-state index in [-0.39, 0.29) is 16.6 Å². The van der Waals surface area contributed by atoms with E-state index < -0.39 is 11.6 Å². The van der Waals surface area contributed by atoms with Gasteiger partial charge in [0.25, 0.3) is 0 Å². The Morgan fingerprint density at radius 2 is 1.74 bits per heavy atom. The Morgan fingerprint density at radius 1 is 1.05 bits per heavy atom. The number of nitrogens with one attached hydrogen (secondary N) is 1. The van der Waals surface area contributed by atoms with E-state index in [4.69, 9.17) is 11.6 Å². The van der Waals surface area contributed by atoms with E-state index in [1.165, 1.54) is 12.1 Å². The predicted molar refractivity (Wildman–Crippen MR) is 80.5 cm³/mol. The van der Waals surface area contributed by atoms with Crippen molar-refractivity contribution in [1.82, 2.24) is 0 Å². The molecule has 0 heterocycles. The molecule has 0 saturated heterocycles. The van der Waals surface area contributed by atoms with Crippen LogP contribution < -0.4 is 5.32 Å². The Kier molecular flexibility index (Phi) is 4.81. The van der Waals surface area contributed by atoms with Gasteiger partial charge in [-0.15, -0.1) is 0 Å². The summed E-state index contributed by atoms with van der Waals surface area (Å²) >= 11 is 12.2. The first-order valence-electron chi connectivity index (χ1n) is 5.30. The Balaban J connectivity index is 2.24. The van der Waals surface area contributed by atoms with Crippen LogP contribution in [0.5, 0.6) is 0 Å². The third-order valence-corrected chi connectivity index (χ3v) is 4.06. The van der Waals surface area contributed by atoms with Gasteiger partial charge in [0.05, 0.1) is 10.2 Å². The smallest absolute Gasteiger partial charge is 0.145 e. The molecule has 1 nitrogen and oxygen atoms in total. The minimum Gasteiger partial charge on any atom is -0.380 e. The van der Waals surface area contributed by atoms with E-state index in [9.17, 15) is 8.78 Å². The van der Waals surface area contributed by atoms with Gasteiger partial charge in [0, 0.05) is 21.6 Å². The number of hydrogen-bond donors (Lipinski definition) is 1. The van der Waals surface area contributed by atoms with Gasteiger partial charge in [-0.25, -0.2) is 8.78 Å². The van der Waals surface area contributed by atoms with Crippen LogP contribution in [0.3, 0.4) is 0 Å². The van der Waals surface area contributed by atoms with Crippen LogP contribution in [0.4, 0.5) is 14.5 Å². The first-order valence-corrected chi connectivity index (χ1v) is 7.26. The molecular formula is C13H8Br2ClF2N. The highest BCUT2D eigenvalue weighted by molar-refractivity contribution is 9.10. The quantitative estimate of drug-likeness (QED) is 0.634. The second-order valence-electron chi connectivity index (χ2n) is 3.80. The Hall–Kier alpha value is -0.650. The molecule has 0 aliphatic heterocycles. The number of halogens is 5. The fourth-order valence-corrected chi connectivity index (χ4v) is 2.48. The van der Waals surface area contributed by atoms with Crippen LogP contribution in [-0.4, -0.2) is 0 Å². The average molecular weight is 411 g/mol. The standard InChI is InChI=1S/C13H8Br2ClF2N/c14-9-2-1-7(16)5-12(9)19-6-8-11(17)4-3-10(15)13(8)18/h1-5,19H,6H2. The number of hydrogen-bond acceptors (Lipinski definition) is 1. The summed E-state index contributed by atoms with van der Waals surface area (Å²) in [6, 6.07) is 7.72. The monoisotopic (exact) mass is 409 g/mol. The number of benzene rings is 2. The molecule has 0 fully saturated rings. The molecule has 0 bridgehead atoms. The fraction of sp³-hybridized carbons (Fsp3) is 0.0769. The maximum atomic E-state index is 13.8. The molecule has 0 spiro atoms. The van der Waals surface area contributed by atoms with Crippen molar-refractivity contribution in [3.63, 3.8) is 0 Å². The summed E-state index contributed by atoms with van der Waals surface area (Å²) in [5, 5.41) is 3.49. The summed E-state index contributed by atoms with van der Waals surface area (Å²) in [4.78, 5) is 0. The van der Waals surface area contributed by atoms with Crippen LogP contribution in [0.2, 0.25) is 5.02 Å². The van der Waals surface area contributed by atoms with E-state index in [0.29, 0.717) is 10.7 Å². The second kappa shape index (κ2) is 6.20. The number of rotatable bonds is 3. The van der Waals surface area contributed by atoms with Crippen molar-refractivity contribution in [3.05, 3.63) is 61.5 Å². The molecule has 0 amide bonds. The lowest BCUT2D eigenvalue weighted by atomic mass is 10.2. The van der Waals surface area contributed by atoms with Gasteiger partial charge in [0.1, 0.15) is 11.6 Å². The first-order chi connectivity index (χ1) is 8.99. The lowest BCUT2D eigenvalue weighted by molar-refractivity contribution is 0.555. The van der Waals surface area contributed by atoms with Crippen LogP contribution in [0.25, 0.3) is 0 Å². The van der Waals surface area contributed by atoms with Crippen LogP contribution in [0, 0.1) is 11.6 Å². The molecule has 0 atom stereocenters. The predicted octanol–water partition coefficient (Wildman–Crippen LogP) is 5.76. The van der Waals surface area contributed by atoms with Gasteiger partial charge in [0.15, 0.2) is 0 Å². The summed E-state index contributed by atoms with van der Waals surface area (Å²) in [6.07, 6.45) is 0. The van der Waals surface area contributed by atoms with Crippen molar-refractivity contribution < 1.29 is 8.78 Å². The van der Waals surface area contributed by atoms with Gasteiger partial charge in [-0.1, -0.05) is 11.6 Å². The SMILES string of the molecule is Fc1ccc(Br)c(F)c1CNc1cc(Cl)ccc1Br. The minimum atomic E-state index is -0.606. The molecule has 1 N–H and O–H groups in total. The van der Waals surface area contributed by atoms with Crippen molar-refractivity contribution in [2.75, 3.05) is 5.32 Å². The Bertz CT molecular complexity index is 620. The third kappa shape index (κ3) is 3.46. The van der Waals surface area contributed by atoms with Crippen molar-refractivity contribution in [1.29, 1.82) is 0 Å². The topological polar surface area (TPSA) is 12.0 Å². The lowest BCUT2D eigenvalue weighted by Crippen LogP contribution is -2.05. The first kappa shape index (κ1) is 14.8. The molecule has 0 aliphatic rings. The highest BCUT2D eigenvalue weighted by atomic mass is 79.9. The lowest BCUT2D eigenvalue weighted by Gasteiger charge is -2.11. The van der Waals surface area contributed by atoms with Gasteiger partial charge in [-0.3, -0.25) is 0 Å². The molecule has 2 rings (SSSR count). The van der Waals surface area contributed by atoms with Crippen LogP contribution in [0.1, 0.15) is 5.56 Å². The number of anilines is 1. The van der Waals surface area contributed by atoms with Gasteiger partial charge in [-0.05, 0) is 62.2 Å². The molecule has 2 aromatic carbocycles. The van der Waals surface area contributed by atoms with Crippen LogP contribution in [0.15, 0.2) is 39.3 Å². The molecule has 100 valence electrons. The molecule has 0 aromatic heterocycles. The fourth-order valence-electron chi connectivity index (χ4n) is 1.55. The molecule has 0 unspecified atom stereocenters. The van der Waals surface area contributed by atoms with E-state index in [1.807, 2.05) is 0 Å². The Labute approximate surface area is 131 Å². The van der Waals surface area contributed by atoms with Gasteiger partial charge < -0.3 is 5.32 Å². The molecule has 0 saturated carbocycles. The van der Waals surface area contributed by atoms with Crippen molar-refractivity contribution in [3.8, 4) is 0 Å². The summed E-state index contributed by atoms with van der Waals surface area (Å²) in [6.45, 7) is 0.0239. The van der Waals surface area contributed by atoms with Crippen molar-refractivity contribution in [2.45, 2.75) is 6.54 Å². The van der Waals surface area contributed by atoms with Gasteiger partial charge in [-0.2, -0.15) is 0 Å². The van der Waals surface area contributed by atoms with Gasteiger partial charge >= 0.3 is 0 Å². The summed E-state index contributed by atoms with van der Waals surface area (Å²) < 4.78 is 28.4. The maximum absolute atomic E-state index is 13.8. The van der Waals surface area contributed by atoms with E-state index in [0.717, 1.165) is 4.47 Å². The van der Waals surface area contributed by atoms with E-state index in [1.54, 1.807) is 18.2 Å². The molecule has 19 heavy (non-hydrogen) atoms. The average Bonchev–Trinajstić information content (AvgIpc) is 2.38. The normalized spacial score (nSPS) is 10.6. The zero-order valence-corrected chi connectivity index (χ0v) is 13.4. The molecule has 6 heteroatoms. The highest BCUT2D eigenvalue weighted by Crippen LogP contribution is 2.28. The summed E-state index contributed by atoms with van der Waals surface area (Å²) in [7, 11) is 0. The molecule has 0 radical (unpaired) electrons. The minimum absolute atomic E-state index is 0.0239. The molecule has 2 aromatic rings. The zero-order chi connectivity index (χ0) is 14.0. The largest absolute Gasteiger partial charge is 0.380 e. The summed E-state index contributed by atoms with van der Waals surface area (Å²) in [5.41, 5.74) is 0.646. The summed E-state index contributed by atoms with van der Waals surface area (Å²) in [5.74, 6) is -1.20. The third-order valence-electron chi connectivity index (χ3n) is 2.52. The van der Waals surface area contributed by atoms with E-state index >= 15 is 0 Å². The van der Waals surface area contributed by atoms with Crippen molar-refractivity contribution in [2.24, 2.45) is 0 Å². The zero-order valence-electron chi connectivity index (χ0n) is 9.48. The van der Waals surface area contributed by atoms with Gasteiger partial charge in [0.2, 0.25) is 0 Å². The van der Waals surface area contributed by atoms with Crippen LogP contribution >= 0.6 is 43.5 Å². The van der Waals surface area contributed by atoms with Crippen molar-refractivity contribution >= 4 is 49.1 Å². The van der Waals surface area contributed by atoms with E-state index in [2.05, 4.69) is 37.2 Å². The molecular weight excluding hydrogens is 403 g/mol. The second-order valence-corrected chi connectivity index (χ2v) is 5.94. The van der Waals surface area contributed by atoms with Crippen LogP contribution in [-0.2, 0) is 6.54 Å².